The van der Waals surface area contributed by atoms with Gasteiger partial charge in [-0.15, -0.1) is 0 Å². The molecule has 0 fully saturated rings. The molecule has 0 aromatic heterocycles. The molecule has 150 valence electrons. The molecule has 0 spiro atoms. The Bertz CT molecular complexity index is 944. The van der Waals surface area contributed by atoms with Crippen molar-refractivity contribution in [3.05, 3.63) is 83.4 Å². The molecular weight excluding hydrogens is 364 g/mol. The van der Waals surface area contributed by atoms with E-state index in [4.69, 9.17) is 5.11 Å². The smallest absolute Gasteiger partial charge is 0.339 e. The third-order valence-electron chi connectivity index (χ3n) is 5.13. The van der Waals surface area contributed by atoms with Crippen molar-refractivity contribution < 1.29 is 20.1 Å². The summed E-state index contributed by atoms with van der Waals surface area (Å²) in [7, 11) is 0. The van der Waals surface area contributed by atoms with Gasteiger partial charge in [-0.1, -0.05) is 55.3 Å². The number of carboxylic acid groups (broad SMARTS) is 1. The maximum atomic E-state index is 11.1. The number of rotatable bonds is 9. The summed E-state index contributed by atoms with van der Waals surface area (Å²) in [5.74, 6) is -1.00. The Hall–Kier alpha value is -3.27. The van der Waals surface area contributed by atoms with Gasteiger partial charge in [0.05, 0.1) is 0 Å². The predicted octanol–water partition coefficient (Wildman–Crippen LogP) is 5.81. The second kappa shape index (κ2) is 9.78. The topological polar surface area (TPSA) is 77.8 Å². The molecule has 0 amide bonds. The molecule has 0 aliphatic heterocycles. The molecule has 3 rings (SSSR count). The summed E-state index contributed by atoms with van der Waals surface area (Å²) in [6.07, 6.45) is 6.21. The van der Waals surface area contributed by atoms with Gasteiger partial charge < -0.3 is 15.3 Å². The Morgan fingerprint density at radius 3 is 1.76 bits per heavy atom. The van der Waals surface area contributed by atoms with E-state index in [-0.39, 0.29) is 17.1 Å². The van der Waals surface area contributed by atoms with Gasteiger partial charge in [0, 0.05) is 0 Å². The van der Waals surface area contributed by atoms with Crippen LogP contribution in [0.15, 0.2) is 66.7 Å². The van der Waals surface area contributed by atoms with Crippen LogP contribution in [0.1, 0.15) is 47.2 Å². The summed E-state index contributed by atoms with van der Waals surface area (Å²) in [6, 6.07) is 20.6. The van der Waals surface area contributed by atoms with E-state index >= 15 is 0 Å². The summed E-state index contributed by atoms with van der Waals surface area (Å²) in [5.41, 5.74) is 4.47. The van der Waals surface area contributed by atoms with E-state index in [0.717, 1.165) is 55.2 Å². The number of benzene rings is 3. The summed E-state index contributed by atoms with van der Waals surface area (Å²) in [4.78, 5) is 11.1. The van der Waals surface area contributed by atoms with E-state index in [0.29, 0.717) is 0 Å². The molecule has 3 aromatic rings. The molecule has 0 bridgehead atoms. The third kappa shape index (κ3) is 5.85. The molecule has 4 heteroatoms. The fourth-order valence-corrected chi connectivity index (χ4v) is 3.44. The van der Waals surface area contributed by atoms with Gasteiger partial charge in [-0.05, 0) is 72.2 Å². The van der Waals surface area contributed by atoms with Crippen molar-refractivity contribution in [3.63, 3.8) is 0 Å². The van der Waals surface area contributed by atoms with Crippen LogP contribution in [0.4, 0.5) is 0 Å². The SMILES string of the molecule is O=C(O)c1cc(CCCCCCc2ccc(-c3ccc(O)cc3)cc2)ccc1O. The minimum absolute atomic E-state index is 0.0294. The third-order valence-corrected chi connectivity index (χ3v) is 5.13. The predicted molar refractivity (Wildman–Crippen MR) is 114 cm³/mol. The molecule has 0 saturated heterocycles. The first-order valence-electron chi connectivity index (χ1n) is 9.96. The van der Waals surface area contributed by atoms with Gasteiger partial charge in [-0.25, -0.2) is 4.79 Å². The number of phenols is 2. The van der Waals surface area contributed by atoms with Crippen LogP contribution in [-0.2, 0) is 12.8 Å². The Morgan fingerprint density at radius 2 is 1.17 bits per heavy atom. The second-order valence-corrected chi connectivity index (χ2v) is 7.31. The lowest BCUT2D eigenvalue weighted by Crippen LogP contribution is -1.98. The fourth-order valence-electron chi connectivity index (χ4n) is 3.44. The van der Waals surface area contributed by atoms with Crippen LogP contribution in [-0.4, -0.2) is 21.3 Å². The first-order valence-corrected chi connectivity index (χ1v) is 9.96. The Kier molecular flexibility index (Phi) is 6.90. The molecule has 0 saturated carbocycles. The van der Waals surface area contributed by atoms with Crippen molar-refractivity contribution in [3.8, 4) is 22.6 Å². The van der Waals surface area contributed by atoms with E-state index in [9.17, 15) is 15.0 Å². The second-order valence-electron chi connectivity index (χ2n) is 7.31. The molecule has 0 atom stereocenters. The molecule has 29 heavy (non-hydrogen) atoms. The Balaban J connectivity index is 1.39. The number of phenolic OH excluding ortho intramolecular Hbond substituents is 1. The van der Waals surface area contributed by atoms with Gasteiger partial charge in [-0.3, -0.25) is 0 Å². The highest BCUT2D eigenvalue weighted by molar-refractivity contribution is 5.90. The quantitative estimate of drug-likeness (QED) is 0.403. The minimum Gasteiger partial charge on any atom is -0.508 e. The van der Waals surface area contributed by atoms with Crippen LogP contribution in [0.2, 0.25) is 0 Å². The lowest BCUT2D eigenvalue weighted by atomic mass is 10.00. The van der Waals surface area contributed by atoms with Gasteiger partial charge in [0.1, 0.15) is 17.1 Å². The van der Waals surface area contributed by atoms with Gasteiger partial charge in [-0.2, -0.15) is 0 Å². The number of aromatic carboxylic acids is 1. The highest BCUT2D eigenvalue weighted by Gasteiger charge is 2.09. The zero-order chi connectivity index (χ0) is 20.6. The highest BCUT2D eigenvalue weighted by Crippen LogP contribution is 2.23. The van der Waals surface area contributed by atoms with Crippen LogP contribution in [0.25, 0.3) is 11.1 Å². The number of aryl methyl sites for hydroxylation is 2. The summed E-state index contributed by atoms with van der Waals surface area (Å²) in [6.45, 7) is 0. The summed E-state index contributed by atoms with van der Waals surface area (Å²) >= 11 is 0. The summed E-state index contributed by atoms with van der Waals surface area (Å²) < 4.78 is 0. The fraction of sp³-hybridized carbons (Fsp3) is 0.240. The van der Waals surface area contributed by atoms with Crippen LogP contribution < -0.4 is 0 Å². The zero-order valence-corrected chi connectivity index (χ0v) is 16.3. The minimum atomic E-state index is -1.10. The molecule has 0 unspecified atom stereocenters. The van der Waals surface area contributed by atoms with Crippen molar-refractivity contribution in [2.24, 2.45) is 0 Å². The zero-order valence-electron chi connectivity index (χ0n) is 16.3. The standard InChI is InChI=1S/C25H26O4/c26-22-14-12-21(13-15-22)20-10-7-18(8-11-20)5-3-1-2-4-6-19-9-16-24(27)23(17-19)25(28)29/h7-17,26-27H,1-6H2,(H,28,29). The maximum absolute atomic E-state index is 11.1. The van der Waals surface area contributed by atoms with E-state index in [1.807, 2.05) is 12.1 Å². The van der Waals surface area contributed by atoms with E-state index in [1.54, 1.807) is 24.3 Å². The average Bonchev–Trinajstić information content (AvgIpc) is 2.72. The molecule has 4 nitrogen and oxygen atoms in total. The van der Waals surface area contributed by atoms with Crippen molar-refractivity contribution in [1.82, 2.24) is 0 Å². The van der Waals surface area contributed by atoms with Crippen LogP contribution in [0.5, 0.6) is 11.5 Å². The van der Waals surface area contributed by atoms with Crippen LogP contribution in [0, 0.1) is 0 Å². The number of unbranched alkanes of at least 4 members (excludes halogenated alkanes) is 3. The number of hydrogen-bond donors (Lipinski definition) is 3. The van der Waals surface area contributed by atoms with Crippen LogP contribution >= 0.6 is 0 Å². The van der Waals surface area contributed by atoms with Gasteiger partial charge in [0.2, 0.25) is 0 Å². The number of hydrogen-bond acceptors (Lipinski definition) is 3. The largest absolute Gasteiger partial charge is 0.508 e. The number of aromatic hydroxyl groups is 2. The molecular formula is C25H26O4. The average molecular weight is 390 g/mol. The van der Waals surface area contributed by atoms with Gasteiger partial charge in [0.25, 0.3) is 0 Å². The van der Waals surface area contributed by atoms with Crippen molar-refractivity contribution in [1.29, 1.82) is 0 Å². The van der Waals surface area contributed by atoms with Crippen molar-refractivity contribution >= 4 is 5.97 Å². The molecule has 0 radical (unpaired) electrons. The molecule has 3 N–H and O–H groups in total. The van der Waals surface area contributed by atoms with Crippen molar-refractivity contribution in [2.75, 3.05) is 0 Å². The van der Waals surface area contributed by atoms with E-state index in [1.165, 1.54) is 11.6 Å². The molecule has 0 heterocycles. The van der Waals surface area contributed by atoms with E-state index in [2.05, 4.69) is 24.3 Å². The monoisotopic (exact) mass is 390 g/mol. The van der Waals surface area contributed by atoms with E-state index < -0.39 is 5.97 Å². The lowest BCUT2D eigenvalue weighted by Gasteiger charge is -2.06. The highest BCUT2D eigenvalue weighted by atomic mass is 16.4. The van der Waals surface area contributed by atoms with Gasteiger partial charge >= 0.3 is 5.97 Å². The van der Waals surface area contributed by atoms with Crippen LogP contribution in [0.3, 0.4) is 0 Å². The van der Waals surface area contributed by atoms with Gasteiger partial charge in [0.15, 0.2) is 0 Å². The number of carbonyl (C=O) groups is 1. The molecule has 0 aliphatic carbocycles. The summed E-state index contributed by atoms with van der Waals surface area (Å²) in [5, 5.41) is 28.0. The Labute approximate surface area is 171 Å². The maximum Gasteiger partial charge on any atom is 0.339 e. The Morgan fingerprint density at radius 1 is 0.655 bits per heavy atom. The van der Waals surface area contributed by atoms with Crippen molar-refractivity contribution in [2.45, 2.75) is 38.5 Å². The first kappa shape index (κ1) is 20.5. The molecule has 3 aromatic carbocycles. The molecule has 0 aliphatic rings. The first-order chi connectivity index (χ1) is 14.0. The lowest BCUT2D eigenvalue weighted by molar-refractivity contribution is 0.0693. The normalized spacial score (nSPS) is 10.8. The number of carboxylic acids is 1.